The molecular formula is C19H19F3N6O. The predicted octanol–water partition coefficient (Wildman–Crippen LogP) is 3.48. The number of alkyl halides is 3. The zero-order valence-electron chi connectivity index (χ0n) is 15.9. The molecule has 0 aromatic carbocycles. The molecule has 1 aliphatic rings. The number of aromatic nitrogens is 5. The molecule has 0 unspecified atom stereocenters. The third-order valence-electron chi connectivity index (χ3n) is 4.88. The minimum absolute atomic E-state index is 0.00287. The van der Waals surface area contributed by atoms with E-state index in [1.807, 2.05) is 18.7 Å². The van der Waals surface area contributed by atoms with Crippen LogP contribution in [0.4, 0.5) is 19.0 Å². The summed E-state index contributed by atoms with van der Waals surface area (Å²) in [5, 5.41) is 7.14. The third kappa shape index (κ3) is 3.80. The molecule has 1 atom stereocenters. The summed E-state index contributed by atoms with van der Waals surface area (Å²) in [6, 6.07) is 3.86. The second-order valence-electron chi connectivity index (χ2n) is 6.80. The molecule has 0 aliphatic carbocycles. The maximum absolute atomic E-state index is 13.6. The molecule has 10 heteroatoms. The molecule has 1 fully saturated rings. The van der Waals surface area contributed by atoms with E-state index < -0.39 is 11.9 Å². The Morgan fingerprint density at radius 2 is 1.93 bits per heavy atom. The number of aryl methyl sites for hydroxylation is 2. The van der Waals surface area contributed by atoms with Crippen LogP contribution in [0.5, 0.6) is 0 Å². The summed E-state index contributed by atoms with van der Waals surface area (Å²) in [5.41, 5.74) is 2.01. The molecule has 4 rings (SSSR count). The number of ether oxygens (including phenoxy) is 1. The van der Waals surface area contributed by atoms with Crippen molar-refractivity contribution >= 4 is 5.82 Å². The monoisotopic (exact) mass is 404 g/mol. The second kappa shape index (κ2) is 7.43. The number of nitrogens with zero attached hydrogens (tertiary/aromatic N) is 5. The largest absolute Gasteiger partial charge is 0.433 e. The number of H-pyrrole nitrogens is 1. The van der Waals surface area contributed by atoms with Gasteiger partial charge in [-0.1, -0.05) is 0 Å². The number of anilines is 1. The van der Waals surface area contributed by atoms with Gasteiger partial charge in [0.25, 0.3) is 0 Å². The molecule has 29 heavy (non-hydrogen) atoms. The summed E-state index contributed by atoms with van der Waals surface area (Å²) in [6.45, 7) is 4.86. The van der Waals surface area contributed by atoms with Crippen molar-refractivity contribution in [1.29, 1.82) is 0 Å². The van der Waals surface area contributed by atoms with E-state index in [0.29, 0.717) is 25.3 Å². The lowest BCUT2D eigenvalue weighted by atomic mass is 10.0. The van der Waals surface area contributed by atoms with Crippen molar-refractivity contribution in [1.82, 2.24) is 25.1 Å². The molecule has 1 aliphatic heterocycles. The van der Waals surface area contributed by atoms with Crippen molar-refractivity contribution in [2.75, 3.05) is 24.7 Å². The van der Waals surface area contributed by atoms with E-state index >= 15 is 0 Å². The number of hydrogen-bond donors (Lipinski definition) is 1. The molecule has 0 bridgehead atoms. The first kappa shape index (κ1) is 19.3. The topological polar surface area (TPSA) is 79.8 Å². The predicted molar refractivity (Wildman–Crippen MR) is 99.2 cm³/mol. The van der Waals surface area contributed by atoms with Crippen LogP contribution in [-0.4, -0.2) is 44.9 Å². The van der Waals surface area contributed by atoms with Crippen LogP contribution in [0.2, 0.25) is 0 Å². The molecule has 0 radical (unpaired) electrons. The van der Waals surface area contributed by atoms with E-state index in [9.17, 15) is 13.2 Å². The number of halogens is 3. The lowest BCUT2D eigenvalue weighted by Crippen LogP contribution is -2.40. The van der Waals surface area contributed by atoms with Gasteiger partial charge in [-0.25, -0.2) is 9.97 Å². The molecule has 7 nitrogen and oxygen atoms in total. The van der Waals surface area contributed by atoms with Gasteiger partial charge in [-0.2, -0.15) is 18.3 Å². The highest BCUT2D eigenvalue weighted by atomic mass is 19.4. The molecule has 3 aromatic rings. The Kier molecular flexibility index (Phi) is 4.95. The van der Waals surface area contributed by atoms with Crippen LogP contribution in [0.1, 0.15) is 28.7 Å². The number of rotatable bonds is 3. The summed E-state index contributed by atoms with van der Waals surface area (Å²) in [6.07, 6.45) is -1.61. The van der Waals surface area contributed by atoms with Crippen LogP contribution in [0.25, 0.3) is 11.4 Å². The Hall–Kier alpha value is -3.01. The van der Waals surface area contributed by atoms with Crippen molar-refractivity contribution < 1.29 is 17.9 Å². The Bertz CT molecular complexity index is 985. The van der Waals surface area contributed by atoms with Crippen LogP contribution in [0.15, 0.2) is 30.6 Å². The van der Waals surface area contributed by atoms with Crippen LogP contribution >= 0.6 is 0 Å². The van der Waals surface area contributed by atoms with Gasteiger partial charge in [0.1, 0.15) is 5.82 Å². The molecule has 0 saturated carbocycles. The highest BCUT2D eigenvalue weighted by Crippen LogP contribution is 2.36. The summed E-state index contributed by atoms with van der Waals surface area (Å²) < 4.78 is 46.3. The molecule has 152 valence electrons. The number of aromatic amines is 1. The normalized spacial score (nSPS) is 17.6. The minimum Gasteiger partial charge on any atom is -0.377 e. The average Bonchev–Trinajstić information content (AvgIpc) is 3.05. The van der Waals surface area contributed by atoms with Crippen molar-refractivity contribution in [3.63, 3.8) is 0 Å². The Balaban J connectivity index is 1.84. The maximum atomic E-state index is 13.6. The highest BCUT2D eigenvalue weighted by Gasteiger charge is 2.36. The lowest BCUT2D eigenvalue weighted by molar-refractivity contribution is -0.141. The molecule has 4 heterocycles. The summed E-state index contributed by atoms with van der Waals surface area (Å²) in [5.74, 6) is 0.204. The Morgan fingerprint density at radius 1 is 1.17 bits per heavy atom. The minimum atomic E-state index is -4.59. The van der Waals surface area contributed by atoms with E-state index in [4.69, 9.17) is 4.74 Å². The van der Waals surface area contributed by atoms with Gasteiger partial charge in [-0.05, 0) is 26.0 Å². The first-order valence-corrected chi connectivity index (χ1v) is 9.07. The van der Waals surface area contributed by atoms with Crippen molar-refractivity contribution in [3.8, 4) is 11.4 Å². The average molecular weight is 404 g/mol. The first-order chi connectivity index (χ1) is 13.8. The van der Waals surface area contributed by atoms with Gasteiger partial charge in [-0.3, -0.25) is 10.1 Å². The molecule has 0 spiro atoms. The Morgan fingerprint density at radius 3 is 2.59 bits per heavy atom. The van der Waals surface area contributed by atoms with Crippen molar-refractivity contribution in [2.45, 2.75) is 26.1 Å². The first-order valence-electron chi connectivity index (χ1n) is 9.07. The SMILES string of the molecule is Cc1n[nH]c(C)c1[C@@H]1COCCN1c1cc(C(F)(F)F)nc(-c2ccncc2)n1. The third-order valence-corrected chi connectivity index (χ3v) is 4.88. The van der Waals surface area contributed by atoms with Gasteiger partial charge in [0.2, 0.25) is 0 Å². The van der Waals surface area contributed by atoms with Crippen molar-refractivity contribution in [3.05, 3.63) is 53.2 Å². The number of nitrogens with one attached hydrogen (secondary N) is 1. The zero-order valence-corrected chi connectivity index (χ0v) is 15.9. The molecule has 1 saturated heterocycles. The maximum Gasteiger partial charge on any atom is 0.433 e. The summed E-state index contributed by atoms with van der Waals surface area (Å²) >= 11 is 0. The van der Waals surface area contributed by atoms with Crippen LogP contribution in [0.3, 0.4) is 0 Å². The Labute approximate surface area is 165 Å². The molecular weight excluding hydrogens is 385 g/mol. The molecule has 1 N–H and O–H groups in total. The van der Waals surface area contributed by atoms with E-state index in [1.165, 1.54) is 12.4 Å². The van der Waals surface area contributed by atoms with Gasteiger partial charge in [-0.15, -0.1) is 0 Å². The van der Waals surface area contributed by atoms with E-state index in [0.717, 1.165) is 23.0 Å². The smallest absolute Gasteiger partial charge is 0.377 e. The van der Waals surface area contributed by atoms with Gasteiger partial charge >= 0.3 is 6.18 Å². The number of hydrogen-bond acceptors (Lipinski definition) is 6. The van der Waals surface area contributed by atoms with Gasteiger partial charge in [0.15, 0.2) is 11.5 Å². The zero-order chi connectivity index (χ0) is 20.6. The fourth-order valence-electron chi connectivity index (χ4n) is 3.52. The van der Waals surface area contributed by atoms with Gasteiger partial charge in [0, 0.05) is 41.8 Å². The number of morpholine rings is 1. The highest BCUT2D eigenvalue weighted by molar-refractivity contribution is 5.58. The summed E-state index contributed by atoms with van der Waals surface area (Å²) in [7, 11) is 0. The second-order valence-corrected chi connectivity index (χ2v) is 6.80. The van der Waals surface area contributed by atoms with Crippen LogP contribution in [-0.2, 0) is 10.9 Å². The quantitative estimate of drug-likeness (QED) is 0.720. The molecule has 0 amide bonds. The van der Waals surface area contributed by atoms with Gasteiger partial charge < -0.3 is 9.64 Å². The van der Waals surface area contributed by atoms with E-state index in [1.54, 1.807) is 12.1 Å². The fourth-order valence-corrected chi connectivity index (χ4v) is 3.52. The lowest BCUT2D eigenvalue weighted by Gasteiger charge is -2.37. The fraction of sp³-hybridized carbons (Fsp3) is 0.368. The van der Waals surface area contributed by atoms with E-state index in [-0.39, 0.29) is 17.7 Å². The number of pyridine rings is 1. The van der Waals surface area contributed by atoms with E-state index in [2.05, 4.69) is 25.1 Å². The van der Waals surface area contributed by atoms with Gasteiger partial charge in [0.05, 0.1) is 24.9 Å². The van der Waals surface area contributed by atoms with Crippen molar-refractivity contribution in [2.24, 2.45) is 0 Å². The molecule has 3 aromatic heterocycles. The standard InChI is InChI=1S/C19H19F3N6O/c1-11-17(12(2)27-26-11)14-10-29-8-7-28(14)16-9-15(19(20,21)22)24-18(25-16)13-3-5-23-6-4-13/h3-6,9,14H,7-8,10H2,1-2H3,(H,26,27)/t14-/m0/s1. The summed E-state index contributed by atoms with van der Waals surface area (Å²) in [4.78, 5) is 13.9. The van der Waals surface area contributed by atoms with Crippen LogP contribution < -0.4 is 4.90 Å². The van der Waals surface area contributed by atoms with Crippen LogP contribution in [0, 0.1) is 13.8 Å².